The van der Waals surface area contributed by atoms with Gasteiger partial charge in [-0.15, -0.1) is 0 Å². The maximum Gasteiger partial charge on any atom is 0.325 e. The van der Waals surface area contributed by atoms with E-state index in [1.807, 2.05) is 29.2 Å². The Morgan fingerprint density at radius 1 is 1.18 bits per heavy atom. The summed E-state index contributed by atoms with van der Waals surface area (Å²) in [6.45, 7) is 3.83. The molecule has 1 aliphatic carbocycles. The lowest BCUT2D eigenvalue weighted by Gasteiger charge is -2.40. The number of amides is 3. The van der Waals surface area contributed by atoms with Crippen molar-refractivity contribution in [3.05, 3.63) is 47.2 Å². The van der Waals surface area contributed by atoms with Gasteiger partial charge < -0.3 is 23.8 Å². The highest BCUT2D eigenvalue weighted by atomic mass is 35.5. The van der Waals surface area contributed by atoms with Crippen molar-refractivity contribution in [1.29, 1.82) is 0 Å². The summed E-state index contributed by atoms with van der Waals surface area (Å²) in [6.07, 6.45) is 9.14. The monoisotopic (exact) mass is 567 g/mol. The van der Waals surface area contributed by atoms with Crippen molar-refractivity contribution in [3.63, 3.8) is 0 Å². The first-order valence-corrected chi connectivity index (χ1v) is 14.4. The van der Waals surface area contributed by atoms with Gasteiger partial charge in [-0.3, -0.25) is 9.69 Å². The molecule has 1 aliphatic heterocycles. The fraction of sp³-hybridized carbons (Fsp3) is 0.500. The third kappa shape index (κ3) is 5.99. The summed E-state index contributed by atoms with van der Waals surface area (Å²) in [4.78, 5) is 35.9. The maximum absolute atomic E-state index is 13.9. The van der Waals surface area contributed by atoms with Gasteiger partial charge in [-0.05, 0) is 55.9 Å². The quantitative estimate of drug-likeness (QED) is 0.283. The number of halogens is 1. The number of benzene rings is 1. The van der Waals surface area contributed by atoms with Crippen molar-refractivity contribution in [2.24, 2.45) is 5.92 Å². The second kappa shape index (κ2) is 12.0. The molecule has 1 saturated heterocycles. The molecule has 1 aromatic carbocycles. The Labute approximate surface area is 240 Å². The molecule has 1 saturated carbocycles. The lowest BCUT2D eigenvalue weighted by atomic mass is 10.1. The number of anilines is 1. The fourth-order valence-electron chi connectivity index (χ4n) is 5.23. The molecule has 40 heavy (non-hydrogen) atoms. The molecular formula is C30H38ClN5O4. The van der Waals surface area contributed by atoms with E-state index in [9.17, 15) is 9.59 Å². The van der Waals surface area contributed by atoms with Crippen molar-refractivity contribution >= 4 is 40.3 Å². The van der Waals surface area contributed by atoms with Crippen molar-refractivity contribution < 1.29 is 19.1 Å². The predicted octanol–water partition coefficient (Wildman–Crippen LogP) is 5.58. The van der Waals surface area contributed by atoms with Gasteiger partial charge in [0, 0.05) is 62.8 Å². The van der Waals surface area contributed by atoms with E-state index >= 15 is 0 Å². The number of hydrogen-bond donors (Lipinski definition) is 0. The van der Waals surface area contributed by atoms with Crippen molar-refractivity contribution in [1.82, 2.24) is 19.4 Å². The molecule has 0 bridgehead atoms. The zero-order valence-electron chi connectivity index (χ0n) is 23.7. The standard InChI is InChI=1S/C30H38ClN5O4/c1-20-12-14-35(23-9-10-25(39-4)26(16-23)40-15-5-6-21-7-8-21)30(38)36(20)17-22-11-13-32-29-28(22)24(31)18-34(29)19-27(37)33(2)3/h9-11,13,16,18,20-21H,5-8,12,14-15,17,19H2,1-4H3/t20-/m0/s1. The van der Waals surface area contributed by atoms with E-state index in [1.54, 1.807) is 43.1 Å². The lowest BCUT2D eigenvalue weighted by molar-refractivity contribution is -0.129. The van der Waals surface area contributed by atoms with Crippen LogP contribution < -0.4 is 14.4 Å². The second-order valence-electron chi connectivity index (χ2n) is 11.0. The highest BCUT2D eigenvalue weighted by Gasteiger charge is 2.33. The van der Waals surface area contributed by atoms with Crippen LogP contribution in [0, 0.1) is 5.92 Å². The lowest BCUT2D eigenvalue weighted by Crippen LogP contribution is -2.53. The average Bonchev–Trinajstić information content (AvgIpc) is 3.71. The number of ether oxygens (including phenoxy) is 2. The van der Waals surface area contributed by atoms with E-state index in [4.69, 9.17) is 21.1 Å². The van der Waals surface area contributed by atoms with Gasteiger partial charge >= 0.3 is 6.03 Å². The summed E-state index contributed by atoms with van der Waals surface area (Å²) >= 11 is 6.65. The fourth-order valence-corrected chi connectivity index (χ4v) is 5.56. The molecule has 1 atom stereocenters. The van der Waals surface area contributed by atoms with Gasteiger partial charge in [0.25, 0.3) is 0 Å². The molecule has 0 radical (unpaired) electrons. The number of methoxy groups -OCH3 is 1. The maximum atomic E-state index is 13.9. The first-order chi connectivity index (χ1) is 19.3. The van der Waals surface area contributed by atoms with Gasteiger partial charge in [0.2, 0.25) is 5.91 Å². The molecule has 2 aromatic heterocycles. The zero-order chi connectivity index (χ0) is 28.4. The number of aromatic nitrogens is 2. The first-order valence-electron chi connectivity index (χ1n) is 14.0. The van der Waals surface area contributed by atoms with Gasteiger partial charge in [-0.25, -0.2) is 9.78 Å². The zero-order valence-corrected chi connectivity index (χ0v) is 24.5. The molecule has 5 rings (SSSR count). The molecule has 9 nitrogen and oxygen atoms in total. The van der Waals surface area contributed by atoms with Crippen LogP contribution in [-0.4, -0.2) is 71.7 Å². The SMILES string of the molecule is COc1ccc(N2CC[C@H](C)N(Cc3ccnc4c3c(Cl)cn4CC(=O)N(C)C)C2=O)cc1OCCCC1CC1. The number of carbonyl (C=O) groups is 2. The summed E-state index contributed by atoms with van der Waals surface area (Å²) in [7, 11) is 5.07. The van der Waals surface area contributed by atoms with Crippen LogP contribution in [-0.2, 0) is 17.9 Å². The Balaban J connectivity index is 1.36. The average molecular weight is 568 g/mol. The molecule has 2 aliphatic rings. The third-order valence-electron chi connectivity index (χ3n) is 7.89. The minimum atomic E-state index is -0.0769. The van der Waals surface area contributed by atoms with Crippen LogP contribution in [0.25, 0.3) is 11.0 Å². The van der Waals surface area contributed by atoms with Crippen LogP contribution in [0.2, 0.25) is 5.02 Å². The summed E-state index contributed by atoms with van der Waals surface area (Å²) in [5.74, 6) is 2.13. The Morgan fingerprint density at radius 2 is 1.98 bits per heavy atom. The van der Waals surface area contributed by atoms with Crippen molar-refractivity contribution in [2.75, 3.05) is 39.3 Å². The van der Waals surface area contributed by atoms with E-state index in [1.165, 1.54) is 24.2 Å². The second-order valence-corrected chi connectivity index (χ2v) is 11.4. The molecule has 0 N–H and O–H groups in total. The van der Waals surface area contributed by atoms with Crippen LogP contribution in [0.5, 0.6) is 11.5 Å². The van der Waals surface area contributed by atoms with Gasteiger partial charge in [0.15, 0.2) is 11.5 Å². The largest absolute Gasteiger partial charge is 0.493 e. The number of carbonyl (C=O) groups excluding carboxylic acids is 2. The van der Waals surface area contributed by atoms with Gasteiger partial charge in [0.05, 0.1) is 18.7 Å². The number of fused-ring (bicyclic) bond motifs is 1. The molecule has 214 valence electrons. The van der Waals surface area contributed by atoms with Crippen LogP contribution in [0.4, 0.5) is 10.5 Å². The van der Waals surface area contributed by atoms with Crippen LogP contribution >= 0.6 is 11.6 Å². The summed E-state index contributed by atoms with van der Waals surface area (Å²) < 4.78 is 13.4. The molecule has 0 unspecified atom stereocenters. The first kappa shape index (κ1) is 28.1. The number of nitrogens with zero attached hydrogens (tertiary/aromatic N) is 5. The molecule has 0 spiro atoms. The minimum absolute atomic E-state index is 0.0412. The molecule has 2 fully saturated rings. The highest BCUT2D eigenvalue weighted by Crippen LogP contribution is 2.36. The van der Waals surface area contributed by atoms with E-state index in [0.717, 1.165) is 35.4 Å². The topological polar surface area (TPSA) is 80.1 Å². The van der Waals surface area contributed by atoms with Crippen molar-refractivity contribution in [3.8, 4) is 11.5 Å². The van der Waals surface area contributed by atoms with Crippen LogP contribution in [0.1, 0.15) is 44.6 Å². The minimum Gasteiger partial charge on any atom is -0.493 e. The summed E-state index contributed by atoms with van der Waals surface area (Å²) in [5.41, 5.74) is 2.30. The van der Waals surface area contributed by atoms with Crippen LogP contribution in [0.15, 0.2) is 36.7 Å². The molecule has 3 aromatic rings. The van der Waals surface area contributed by atoms with Crippen LogP contribution in [0.3, 0.4) is 0 Å². The van der Waals surface area contributed by atoms with Crippen molar-refractivity contribution in [2.45, 2.75) is 58.2 Å². The Bertz CT molecular complexity index is 1390. The Morgan fingerprint density at radius 3 is 2.70 bits per heavy atom. The third-order valence-corrected chi connectivity index (χ3v) is 8.18. The number of urea groups is 1. The van der Waals surface area contributed by atoms with E-state index in [2.05, 4.69) is 11.9 Å². The predicted molar refractivity (Wildman–Crippen MR) is 156 cm³/mol. The molecule has 3 amide bonds. The number of rotatable bonds is 11. The normalized spacial score (nSPS) is 17.4. The molecular weight excluding hydrogens is 530 g/mol. The van der Waals surface area contributed by atoms with Gasteiger partial charge in [-0.1, -0.05) is 24.4 Å². The Kier molecular flexibility index (Phi) is 8.40. The smallest absolute Gasteiger partial charge is 0.325 e. The van der Waals surface area contributed by atoms with Gasteiger partial charge in [0.1, 0.15) is 12.2 Å². The summed E-state index contributed by atoms with van der Waals surface area (Å²) in [6, 6.07) is 7.54. The Hall–Kier alpha value is -3.46. The van der Waals surface area contributed by atoms with E-state index in [-0.39, 0.29) is 24.5 Å². The number of pyridine rings is 1. The molecule has 10 heteroatoms. The molecule has 3 heterocycles. The summed E-state index contributed by atoms with van der Waals surface area (Å²) in [5, 5.41) is 1.27. The highest BCUT2D eigenvalue weighted by molar-refractivity contribution is 6.35. The number of likely N-dealkylation sites (N-methyl/N-ethyl adjacent to an activating group) is 1. The van der Waals surface area contributed by atoms with E-state index in [0.29, 0.717) is 41.9 Å². The van der Waals surface area contributed by atoms with E-state index < -0.39 is 0 Å². The number of hydrogen-bond acceptors (Lipinski definition) is 5. The van der Waals surface area contributed by atoms with Gasteiger partial charge in [-0.2, -0.15) is 0 Å².